The van der Waals surface area contributed by atoms with Crippen molar-refractivity contribution in [2.24, 2.45) is 11.8 Å². The molecule has 2 aromatic carbocycles. The lowest BCUT2D eigenvalue weighted by Crippen LogP contribution is -2.46. The number of amides is 2. The first-order chi connectivity index (χ1) is 19.5. The van der Waals surface area contributed by atoms with E-state index in [2.05, 4.69) is 58.5 Å². The molecule has 40 heavy (non-hydrogen) atoms. The zero-order chi connectivity index (χ0) is 27.9. The van der Waals surface area contributed by atoms with Crippen molar-refractivity contribution in [3.8, 4) is 0 Å². The maximum absolute atomic E-state index is 13.1. The van der Waals surface area contributed by atoms with Crippen LogP contribution in [0.25, 0.3) is 0 Å². The summed E-state index contributed by atoms with van der Waals surface area (Å²) in [5.74, 6) is 0.966. The minimum atomic E-state index is -0.320. The molecule has 1 aromatic heterocycles. The zero-order valence-electron chi connectivity index (χ0n) is 23.8. The highest BCUT2D eigenvalue weighted by Gasteiger charge is 2.23. The Morgan fingerprint density at radius 3 is 2.45 bits per heavy atom. The molecule has 7 heteroatoms. The number of rotatable bonds is 9. The Morgan fingerprint density at radius 1 is 0.950 bits per heavy atom. The highest BCUT2D eigenvalue weighted by molar-refractivity contribution is 6.04. The molecule has 1 aliphatic heterocycles. The van der Waals surface area contributed by atoms with Crippen LogP contribution in [-0.2, 0) is 6.54 Å². The first-order valence-electron chi connectivity index (χ1n) is 14.8. The predicted octanol–water partition coefficient (Wildman–Crippen LogP) is 6.11. The molecular weight excluding hydrogens is 500 g/mol. The summed E-state index contributed by atoms with van der Waals surface area (Å²) in [7, 11) is 0. The number of hydrogen-bond acceptors (Lipinski definition) is 5. The summed E-state index contributed by atoms with van der Waals surface area (Å²) in [6.45, 7) is 9.48. The molecule has 1 unspecified atom stereocenters. The SMILES string of the molecule is Cc1ccccc1N1CCN(Cc2ccc(C(=O)NCC(C)C3CCCCC3)cc2NC(=O)c2ccco2)CC1. The molecule has 2 amide bonds. The van der Waals surface area contributed by atoms with Crippen molar-refractivity contribution in [2.75, 3.05) is 42.9 Å². The number of nitrogens with one attached hydrogen (secondary N) is 2. The van der Waals surface area contributed by atoms with Crippen LogP contribution in [0.1, 0.15) is 71.1 Å². The molecule has 1 saturated carbocycles. The Labute approximate surface area is 237 Å². The fraction of sp³-hybridized carbons (Fsp3) is 0.455. The van der Waals surface area contributed by atoms with E-state index in [0.29, 0.717) is 36.2 Å². The van der Waals surface area contributed by atoms with Gasteiger partial charge in [-0.2, -0.15) is 0 Å². The molecule has 3 aromatic rings. The predicted molar refractivity (Wildman–Crippen MR) is 160 cm³/mol. The van der Waals surface area contributed by atoms with Gasteiger partial charge < -0.3 is 20.0 Å². The number of furan rings is 1. The number of carbonyl (C=O) groups excluding carboxylic acids is 2. The summed E-state index contributed by atoms with van der Waals surface area (Å²) in [4.78, 5) is 30.9. The molecule has 2 N–H and O–H groups in total. The third kappa shape index (κ3) is 6.94. The van der Waals surface area contributed by atoms with Crippen molar-refractivity contribution < 1.29 is 14.0 Å². The smallest absolute Gasteiger partial charge is 0.291 e. The van der Waals surface area contributed by atoms with E-state index in [1.807, 2.05) is 12.1 Å². The van der Waals surface area contributed by atoms with Crippen molar-refractivity contribution in [3.63, 3.8) is 0 Å². The summed E-state index contributed by atoms with van der Waals surface area (Å²) in [5.41, 5.74) is 4.77. The molecule has 1 saturated heterocycles. The number of nitrogens with zero attached hydrogens (tertiary/aromatic N) is 2. The van der Waals surface area contributed by atoms with Crippen LogP contribution in [-0.4, -0.2) is 49.4 Å². The average Bonchev–Trinajstić information content (AvgIpc) is 3.53. The lowest BCUT2D eigenvalue weighted by molar-refractivity contribution is 0.0938. The topological polar surface area (TPSA) is 77.8 Å². The summed E-state index contributed by atoms with van der Waals surface area (Å²) < 4.78 is 5.31. The van der Waals surface area contributed by atoms with Gasteiger partial charge in [-0.15, -0.1) is 0 Å². The number of para-hydroxylation sites is 1. The molecule has 5 rings (SSSR count). The number of carbonyl (C=O) groups is 2. The van der Waals surface area contributed by atoms with Gasteiger partial charge in [-0.25, -0.2) is 0 Å². The van der Waals surface area contributed by atoms with E-state index in [0.717, 1.165) is 31.7 Å². The molecule has 7 nitrogen and oxygen atoms in total. The number of hydrogen-bond donors (Lipinski definition) is 2. The van der Waals surface area contributed by atoms with Crippen LogP contribution >= 0.6 is 0 Å². The number of benzene rings is 2. The van der Waals surface area contributed by atoms with Crippen LogP contribution in [0.5, 0.6) is 0 Å². The van der Waals surface area contributed by atoms with E-state index in [1.165, 1.54) is 49.6 Å². The Kier molecular flexibility index (Phi) is 9.22. The van der Waals surface area contributed by atoms with Gasteiger partial charge in [-0.1, -0.05) is 63.3 Å². The molecular formula is C33H42N4O3. The van der Waals surface area contributed by atoms with E-state index in [9.17, 15) is 9.59 Å². The van der Waals surface area contributed by atoms with Crippen molar-refractivity contribution >= 4 is 23.2 Å². The van der Waals surface area contributed by atoms with Crippen molar-refractivity contribution in [3.05, 3.63) is 83.3 Å². The monoisotopic (exact) mass is 542 g/mol. The van der Waals surface area contributed by atoms with Crippen LogP contribution in [0, 0.1) is 18.8 Å². The van der Waals surface area contributed by atoms with Crippen LogP contribution < -0.4 is 15.5 Å². The lowest BCUT2D eigenvalue weighted by Gasteiger charge is -2.37. The molecule has 0 bridgehead atoms. The van der Waals surface area contributed by atoms with Gasteiger partial charge in [0.15, 0.2) is 5.76 Å². The van der Waals surface area contributed by atoms with Crippen LogP contribution in [0.3, 0.4) is 0 Å². The standard InChI is InChI=1S/C33H42N4O3/c1-24-9-6-7-12-30(24)37-18-16-36(17-19-37)23-28-15-14-27(21-29(28)35-33(39)31-13-8-20-40-31)32(38)34-22-25(2)26-10-4-3-5-11-26/h6-9,12-15,20-21,25-26H,3-5,10-11,16-19,22-23H2,1-2H3,(H,34,38)(H,35,39). The number of aryl methyl sites for hydroxylation is 1. The van der Waals surface area contributed by atoms with E-state index >= 15 is 0 Å². The molecule has 1 atom stereocenters. The van der Waals surface area contributed by atoms with Gasteiger partial charge in [0.25, 0.3) is 11.8 Å². The number of anilines is 2. The zero-order valence-corrected chi connectivity index (χ0v) is 23.8. The van der Waals surface area contributed by atoms with Gasteiger partial charge in [0.05, 0.1) is 6.26 Å². The maximum atomic E-state index is 13.1. The van der Waals surface area contributed by atoms with Gasteiger partial charge in [-0.05, 0) is 60.2 Å². The van der Waals surface area contributed by atoms with Crippen molar-refractivity contribution in [1.82, 2.24) is 10.2 Å². The van der Waals surface area contributed by atoms with Gasteiger partial charge in [-0.3, -0.25) is 14.5 Å². The van der Waals surface area contributed by atoms with Gasteiger partial charge in [0.1, 0.15) is 0 Å². The first-order valence-corrected chi connectivity index (χ1v) is 14.8. The fourth-order valence-corrected chi connectivity index (χ4v) is 6.10. The Balaban J connectivity index is 1.26. The molecule has 1 aliphatic carbocycles. The molecule has 2 fully saturated rings. The molecule has 2 heterocycles. The maximum Gasteiger partial charge on any atom is 0.291 e. The molecule has 0 radical (unpaired) electrons. The summed E-state index contributed by atoms with van der Waals surface area (Å²) in [6, 6.07) is 17.5. The fourth-order valence-electron chi connectivity index (χ4n) is 6.10. The van der Waals surface area contributed by atoms with Crippen LogP contribution in [0.4, 0.5) is 11.4 Å². The van der Waals surface area contributed by atoms with E-state index in [1.54, 1.807) is 18.2 Å². The molecule has 212 valence electrons. The second kappa shape index (κ2) is 13.2. The van der Waals surface area contributed by atoms with Gasteiger partial charge in [0, 0.05) is 56.2 Å². The van der Waals surface area contributed by atoms with Crippen LogP contribution in [0.2, 0.25) is 0 Å². The second-order valence-corrected chi connectivity index (χ2v) is 11.4. The highest BCUT2D eigenvalue weighted by Crippen LogP contribution is 2.30. The normalized spacial score (nSPS) is 17.4. The third-order valence-electron chi connectivity index (χ3n) is 8.63. The lowest BCUT2D eigenvalue weighted by atomic mass is 9.81. The summed E-state index contributed by atoms with van der Waals surface area (Å²) >= 11 is 0. The summed E-state index contributed by atoms with van der Waals surface area (Å²) in [5, 5.41) is 6.15. The Morgan fingerprint density at radius 2 is 1.73 bits per heavy atom. The van der Waals surface area contributed by atoms with E-state index in [4.69, 9.17) is 4.42 Å². The highest BCUT2D eigenvalue weighted by atomic mass is 16.3. The minimum absolute atomic E-state index is 0.102. The summed E-state index contributed by atoms with van der Waals surface area (Å²) in [6.07, 6.45) is 7.92. The Bertz CT molecular complexity index is 1270. The van der Waals surface area contributed by atoms with Crippen molar-refractivity contribution in [1.29, 1.82) is 0 Å². The third-order valence-corrected chi connectivity index (χ3v) is 8.63. The van der Waals surface area contributed by atoms with Gasteiger partial charge >= 0.3 is 0 Å². The van der Waals surface area contributed by atoms with E-state index < -0.39 is 0 Å². The van der Waals surface area contributed by atoms with Gasteiger partial charge in [0.2, 0.25) is 0 Å². The minimum Gasteiger partial charge on any atom is -0.459 e. The molecule has 0 spiro atoms. The molecule has 2 aliphatic rings. The Hall–Kier alpha value is -3.58. The van der Waals surface area contributed by atoms with E-state index in [-0.39, 0.29) is 17.6 Å². The second-order valence-electron chi connectivity index (χ2n) is 11.4. The number of piperazine rings is 1. The first kappa shape index (κ1) is 28.0. The van der Waals surface area contributed by atoms with Crippen molar-refractivity contribution in [2.45, 2.75) is 52.5 Å². The van der Waals surface area contributed by atoms with Crippen LogP contribution in [0.15, 0.2) is 65.3 Å². The quantitative estimate of drug-likeness (QED) is 0.341. The largest absolute Gasteiger partial charge is 0.459 e. The average molecular weight is 543 g/mol.